The lowest BCUT2D eigenvalue weighted by Gasteiger charge is -2.25. The Morgan fingerprint density at radius 3 is 1.82 bits per heavy atom. The number of phenolic OH excluding ortho intramolecular Hbond substituents is 1. The zero-order valence-electron chi connectivity index (χ0n) is 20.7. The fourth-order valence-electron chi connectivity index (χ4n) is 3.37. The molecule has 1 aromatic rings. The van der Waals surface area contributed by atoms with Gasteiger partial charge in [0.05, 0.1) is 18.9 Å². The van der Waals surface area contributed by atoms with E-state index < -0.39 is 72.5 Å². The molecule has 38 heavy (non-hydrogen) atoms. The number of phenols is 1. The summed E-state index contributed by atoms with van der Waals surface area (Å²) in [6.45, 7) is 0.331. The first-order valence-electron chi connectivity index (χ1n) is 11.8. The van der Waals surface area contributed by atoms with Gasteiger partial charge in [-0.15, -0.1) is 0 Å². The number of nitrogens with two attached hydrogens (primary N) is 4. The molecule has 0 bridgehead atoms. The van der Waals surface area contributed by atoms with E-state index in [1.807, 2.05) is 0 Å². The average molecular weight is 538 g/mol. The Morgan fingerprint density at radius 1 is 0.763 bits per heavy atom. The lowest BCUT2D eigenvalue weighted by atomic mass is 10.0. The lowest BCUT2D eigenvalue weighted by Crippen LogP contribution is -2.58. The Hall–Kier alpha value is -4.24. The van der Waals surface area contributed by atoms with Crippen molar-refractivity contribution in [3.63, 3.8) is 0 Å². The van der Waals surface area contributed by atoms with Gasteiger partial charge in [-0.05, 0) is 43.5 Å². The molecule has 4 unspecified atom stereocenters. The summed E-state index contributed by atoms with van der Waals surface area (Å²) in [4.78, 5) is 72.7. The van der Waals surface area contributed by atoms with Gasteiger partial charge in [0.1, 0.15) is 23.9 Å². The zero-order valence-corrected chi connectivity index (χ0v) is 20.7. The van der Waals surface area contributed by atoms with Crippen molar-refractivity contribution in [1.29, 1.82) is 0 Å². The van der Waals surface area contributed by atoms with Crippen LogP contribution in [0.5, 0.6) is 5.75 Å². The number of hydrogen-bond donors (Lipinski definition) is 9. The largest absolute Gasteiger partial charge is 0.508 e. The minimum absolute atomic E-state index is 0.0418. The first kappa shape index (κ1) is 31.8. The number of benzene rings is 1. The van der Waals surface area contributed by atoms with E-state index in [0.29, 0.717) is 24.9 Å². The monoisotopic (exact) mass is 537 g/mol. The first-order valence-corrected chi connectivity index (χ1v) is 11.8. The van der Waals surface area contributed by atoms with Crippen LogP contribution in [-0.2, 0) is 35.2 Å². The maximum Gasteiger partial charge on any atom is 0.326 e. The highest BCUT2D eigenvalue weighted by Crippen LogP contribution is 2.12. The molecule has 15 heteroatoms. The molecule has 5 amide bonds. The quantitative estimate of drug-likeness (QED) is 0.0891. The normalized spacial score (nSPS) is 13.8. The van der Waals surface area contributed by atoms with Gasteiger partial charge in [-0.3, -0.25) is 24.0 Å². The van der Waals surface area contributed by atoms with E-state index in [2.05, 4.69) is 16.0 Å². The van der Waals surface area contributed by atoms with Crippen LogP contribution in [0.1, 0.15) is 37.7 Å². The highest BCUT2D eigenvalue weighted by atomic mass is 16.4. The Morgan fingerprint density at radius 2 is 1.29 bits per heavy atom. The number of aliphatic carboxylic acids is 1. The average Bonchev–Trinajstić information content (AvgIpc) is 2.82. The molecule has 0 fully saturated rings. The van der Waals surface area contributed by atoms with Gasteiger partial charge in [0.25, 0.3) is 0 Å². The zero-order chi connectivity index (χ0) is 28.8. The van der Waals surface area contributed by atoms with Gasteiger partial charge < -0.3 is 49.1 Å². The summed E-state index contributed by atoms with van der Waals surface area (Å²) in [7, 11) is 0. The van der Waals surface area contributed by atoms with Crippen molar-refractivity contribution in [2.24, 2.45) is 22.9 Å². The summed E-state index contributed by atoms with van der Waals surface area (Å²) in [5.41, 5.74) is 21.9. The van der Waals surface area contributed by atoms with Gasteiger partial charge in [-0.25, -0.2) is 4.79 Å². The van der Waals surface area contributed by atoms with Crippen LogP contribution in [-0.4, -0.2) is 76.4 Å². The minimum Gasteiger partial charge on any atom is -0.508 e. The fourth-order valence-corrected chi connectivity index (χ4v) is 3.37. The maximum absolute atomic E-state index is 13.2. The Kier molecular flexibility index (Phi) is 13.2. The van der Waals surface area contributed by atoms with Crippen molar-refractivity contribution < 1.29 is 39.0 Å². The summed E-state index contributed by atoms with van der Waals surface area (Å²) in [5.74, 6) is -5.94. The second-order valence-corrected chi connectivity index (χ2v) is 8.62. The van der Waals surface area contributed by atoms with Crippen molar-refractivity contribution in [3.8, 4) is 5.75 Å². The number of carbonyl (C=O) groups is 6. The van der Waals surface area contributed by atoms with Crippen LogP contribution in [0, 0.1) is 0 Å². The number of carboxylic acids is 1. The fraction of sp³-hybridized carbons (Fsp3) is 0.478. The Balaban J connectivity index is 3.12. The predicted octanol–water partition coefficient (Wildman–Crippen LogP) is -3.32. The number of carbonyl (C=O) groups excluding carboxylic acids is 5. The highest BCUT2D eigenvalue weighted by Gasteiger charge is 2.31. The minimum atomic E-state index is -1.56. The standard InChI is InChI=1S/C23H35N7O8/c24-8-2-1-3-15(23(37)38)28-22(36)17(11-19(27)33)30-21(35)16(9-12-4-6-13(31)7-5-12)29-20(34)14(25)10-18(26)32/h4-7,14-17,31H,1-3,8-11,24-25H2,(H2,26,32)(H2,27,33)(H,28,36)(H,29,34)(H,30,35)(H,37,38). The summed E-state index contributed by atoms with van der Waals surface area (Å²) in [6.07, 6.45) is -0.291. The van der Waals surface area contributed by atoms with E-state index in [1.165, 1.54) is 24.3 Å². The number of primary amides is 2. The molecular weight excluding hydrogens is 502 g/mol. The molecule has 13 N–H and O–H groups in total. The van der Waals surface area contributed by atoms with Crippen LogP contribution in [0.15, 0.2) is 24.3 Å². The highest BCUT2D eigenvalue weighted by molar-refractivity contribution is 5.96. The van der Waals surface area contributed by atoms with Gasteiger partial charge in [0.15, 0.2) is 0 Å². The molecule has 4 atom stereocenters. The molecule has 0 aromatic heterocycles. The van der Waals surface area contributed by atoms with E-state index in [0.717, 1.165) is 0 Å². The van der Waals surface area contributed by atoms with Crippen LogP contribution < -0.4 is 38.9 Å². The molecule has 0 aliphatic heterocycles. The molecular formula is C23H35N7O8. The number of amides is 5. The van der Waals surface area contributed by atoms with E-state index in [1.54, 1.807) is 0 Å². The second-order valence-electron chi connectivity index (χ2n) is 8.62. The van der Waals surface area contributed by atoms with Gasteiger partial charge in [0.2, 0.25) is 29.5 Å². The van der Waals surface area contributed by atoms with Crippen molar-refractivity contribution >= 4 is 35.5 Å². The van der Waals surface area contributed by atoms with Gasteiger partial charge >= 0.3 is 5.97 Å². The maximum atomic E-state index is 13.2. The summed E-state index contributed by atoms with van der Waals surface area (Å²) >= 11 is 0. The third-order valence-corrected chi connectivity index (χ3v) is 5.37. The molecule has 1 rings (SSSR count). The predicted molar refractivity (Wildman–Crippen MR) is 134 cm³/mol. The van der Waals surface area contributed by atoms with Crippen LogP contribution in [0.25, 0.3) is 0 Å². The SMILES string of the molecule is NCCCCC(NC(=O)C(CC(N)=O)NC(=O)C(Cc1ccc(O)cc1)NC(=O)C(N)CC(N)=O)C(=O)O. The molecule has 0 aliphatic carbocycles. The second kappa shape index (κ2) is 15.8. The molecule has 0 saturated carbocycles. The molecule has 0 aliphatic rings. The number of unbranched alkanes of at least 4 members (excludes halogenated alkanes) is 1. The van der Waals surface area contributed by atoms with Crippen molar-refractivity contribution in [2.75, 3.05) is 6.54 Å². The van der Waals surface area contributed by atoms with Crippen LogP contribution >= 0.6 is 0 Å². The van der Waals surface area contributed by atoms with Crippen molar-refractivity contribution in [3.05, 3.63) is 29.8 Å². The number of aromatic hydroxyl groups is 1. The van der Waals surface area contributed by atoms with Gasteiger partial charge in [-0.1, -0.05) is 12.1 Å². The summed E-state index contributed by atoms with van der Waals surface area (Å²) < 4.78 is 0. The molecule has 0 heterocycles. The third kappa shape index (κ3) is 11.7. The Bertz CT molecular complexity index is 1000. The van der Waals surface area contributed by atoms with Crippen LogP contribution in [0.3, 0.4) is 0 Å². The lowest BCUT2D eigenvalue weighted by molar-refractivity contribution is -0.142. The Labute approximate surface area is 218 Å². The number of rotatable bonds is 17. The smallest absolute Gasteiger partial charge is 0.326 e. The molecule has 0 saturated heterocycles. The van der Waals surface area contributed by atoms with E-state index >= 15 is 0 Å². The number of nitrogens with one attached hydrogen (secondary N) is 3. The molecule has 1 aromatic carbocycles. The van der Waals surface area contributed by atoms with Crippen molar-refractivity contribution in [2.45, 2.75) is 62.7 Å². The molecule has 210 valence electrons. The third-order valence-electron chi connectivity index (χ3n) is 5.37. The van der Waals surface area contributed by atoms with E-state index in [9.17, 15) is 39.0 Å². The van der Waals surface area contributed by atoms with Crippen LogP contribution in [0.2, 0.25) is 0 Å². The summed E-state index contributed by atoms with van der Waals surface area (Å²) in [5, 5.41) is 25.9. The van der Waals surface area contributed by atoms with E-state index in [4.69, 9.17) is 22.9 Å². The molecule has 0 radical (unpaired) electrons. The van der Waals surface area contributed by atoms with Crippen molar-refractivity contribution in [1.82, 2.24) is 16.0 Å². The number of carboxylic acid groups (broad SMARTS) is 1. The summed E-state index contributed by atoms with van der Waals surface area (Å²) in [6, 6.07) is 0.0898. The van der Waals surface area contributed by atoms with Crippen LogP contribution in [0.4, 0.5) is 0 Å². The van der Waals surface area contributed by atoms with Gasteiger partial charge in [-0.2, -0.15) is 0 Å². The number of hydrogen-bond acceptors (Lipinski definition) is 9. The van der Waals surface area contributed by atoms with E-state index in [-0.39, 0.29) is 18.6 Å². The van der Waals surface area contributed by atoms with Gasteiger partial charge in [0, 0.05) is 6.42 Å². The molecule has 15 nitrogen and oxygen atoms in total. The topological polar surface area (TPSA) is 283 Å². The first-order chi connectivity index (χ1) is 17.8. The molecule has 0 spiro atoms.